The van der Waals surface area contributed by atoms with Crippen molar-refractivity contribution >= 4 is 27.5 Å². The molecule has 22 heavy (non-hydrogen) atoms. The standard InChI is InChI=1S/C14H16ClN3O3S/c1-16-22(20,21)12-7-13(18(2)9-12)14(19)17-8-10-3-5-11(15)6-4-10/h3-7,9,16H,8H2,1-2H3,(H,17,19). The molecule has 8 heteroatoms. The minimum Gasteiger partial charge on any atom is -0.347 e. The molecule has 0 bridgehead atoms. The van der Waals surface area contributed by atoms with Gasteiger partial charge in [-0.15, -0.1) is 0 Å². The first-order valence-electron chi connectivity index (χ1n) is 6.46. The highest BCUT2D eigenvalue weighted by atomic mass is 35.5. The van der Waals surface area contributed by atoms with Gasteiger partial charge in [0.25, 0.3) is 5.91 Å². The van der Waals surface area contributed by atoms with Crippen LogP contribution in [0, 0.1) is 0 Å². The number of nitrogens with zero attached hydrogens (tertiary/aromatic N) is 1. The van der Waals surface area contributed by atoms with Crippen molar-refractivity contribution in [3.8, 4) is 0 Å². The van der Waals surface area contributed by atoms with Crippen LogP contribution in [0.25, 0.3) is 0 Å². The van der Waals surface area contributed by atoms with Crippen molar-refractivity contribution in [2.45, 2.75) is 11.4 Å². The van der Waals surface area contributed by atoms with Crippen LogP contribution in [0.15, 0.2) is 41.4 Å². The summed E-state index contributed by atoms with van der Waals surface area (Å²) in [5, 5.41) is 3.36. The van der Waals surface area contributed by atoms with Crippen molar-refractivity contribution in [3.05, 3.63) is 52.8 Å². The summed E-state index contributed by atoms with van der Waals surface area (Å²) in [6, 6.07) is 8.43. The molecule has 0 fully saturated rings. The number of amides is 1. The topological polar surface area (TPSA) is 80.2 Å². The molecule has 6 nitrogen and oxygen atoms in total. The normalized spacial score (nSPS) is 11.4. The second kappa shape index (κ2) is 6.51. The SMILES string of the molecule is CNS(=O)(=O)c1cc(C(=O)NCc2ccc(Cl)cc2)n(C)c1. The van der Waals surface area contributed by atoms with Gasteiger partial charge in [0.1, 0.15) is 10.6 Å². The molecule has 2 aromatic rings. The Morgan fingerprint density at radius 1 is 1.27 bits per heavy atom. The Morgan fingerprint density at radius 3 is 2.50 bits per heavy atom. The van der Waals surface area contributed by atoms with E-state index < -0.39 is 10.0 Å². The first-order valence-corrected chi connectivity index (χ1v) is 8.32. The van der Waals surface area contributed by atoms with Gasteiger partial charge in [-0.2, -0.15) is 0 Å². The van der Waals surface area contributed by atoms with E-state index in [1.54, 1.807) is 19.2 Å². The molecule has 0 aliphatic rings. The van der Waals surface area contributed by atoms with Crippen LogP contribution in [-0.4, -0.2) is 25.9 Å². The van der Waals surface area contributed by atoms with Crippen molar-refractivity contribution in [3.63, 3.8) is 0 Å². The van der Waals surface area contributed by atoms with E-state index >= 15 is 0 Å². The van der Waals surface area contributed by atoms with Crippen molar-refractivity contribution in [2.75, 3.05) is 7.05 Å². The molecule has 0 spiro atoms. The van der Waals surface area contributed by atoms with Gasteiger partial charge < -0.3 is 9.88 Å². The van der Waals surface area contributed by atoms with Crippen LogP contribution in [0.4, 0.5) is 0 Å². The number of aromatic nitrogens is 1. The van der Waals surface area contributed by atoms with E-state index in [1.807, 2.05) is 12.1 Å². The van der Waals surface area contributed by atoms with Gasteiger partial charge in [0.05, 0.1) is 0 Å². The molecular formula is C14H16ClN3O3S. The Bertz CT molecular complexity index is 782. The minimum absolute atomic E-state index is 0.0501. The Hall–Kier alpha value is -1.83. The van der Waals surface area contributed by atoms with Crippen LogP contribution < -0.4 is 10.0 Å². The van der Waals surface area contributed by atoms with Crippen LogP contribution >= 0.6 is 11.6 Å². The number of nitrogens with one attached hydrogen (secondary N) is 2. The number of carbonyl (C=O) groups excluding carboxylic acids is 1. The molecule has 0 atom stereocenters. The lowest BCUT2D eigenvalue weighted by Crippen LogP contribution is -2.24. The fourth-order valence-electron chi connectivity index (χ4n) is 1.90. The van der Waals surface area contributed by atoms with Gasteiger partial charge in [0, 0.05) is 24.8 Å². The summed E-state index contributed by atoms with van der Waals surface area (Å²) in [4.78, 5) is 12.2. The summed E-state index contributed by atoms with van der Waals surface area (Å²) in [7, 11) is -0.632. The van der Waals surface area contributed by atoms with E-state index in [4.69, 9.17) is 11.6 Å². The molecule has 0 saturated heterocycles. The number of aryl methyl sites for hydroxylation is 1. The van der Waals surface area contributed by atoms with Crippen LogP contribution in [0.3, 0.4) is 0 Å². The molecule has 1 aromatic heterocycles. The molecule has 0 radical (unpaired) electrons. The lowest BCUT2D eigenvalue weighted by Gasteiger charge is -2.06. The maximum Gasteiger partial charge on any atom is 0.268 e. The molecule has 1 aromatic carbocycles. The second-order valence-corrected chi connectivity index (χ2v) is 7.01. The van der Waals surface area contributed by atoms with Crippen LogP contribution in [0.5, 0.6) is 0 Å². The zero-order chi connectivity index (χ0) is 16.3. The van der Waals surface area contributed by atoms with Crippen molar-refractivity contribution < 1.29 is 13.2 Å². The Morgan fingerprint density at radius 2 is 1.91 bits per heavy atom. The highest BCUT2D eigenvalue weighted by molar-refractivity contribution is 7.89. The van der Waals surface area contributed by atoms with Gasteiger partial charge in [-0.05, 0) is 30.8 Å². The number of rotatable bonds is 5. The van der Waals surface area contributed by atoms with Gasteiger partial charge in [-0.1, -0.05) is 23.7 Å². The number of sulfonamides is 1. The molecule has 118 valence electrons. The van der Waals surface area contributed by atoms with E-state index in [-0.39, 0.29) is 16.5 Å². The summed E-state index contributed by atoms with van der Waals surface area (Å²) in [6.07, 6.45) is 1.39. The summed E-state index contributed by atoms with van der Waals surface area (Å²) < 4.78 is 27.2. The first kappa shape index (κ1) is 16.5. The van der Waals surface area contributed by atoms with Crippen molar-refractivity contribution in [1.82, 2.24) is 14.6 Å². The molecule has 0 unspecified atom stereocenters. The fourth-order valence-corrected chi connectivity index (χ4v) is 2.83. The van der Waals surface area contributed by atoms with Gasteiger partial charge in [0.2, 0.25) is 10.0 Å². The van der Waals surface area contributed by atoms with Gasteiger partial charge in [-0.25, -0.2) is 13.1 Å². The molecule has 0 aliphatic carbocycles. The van der Waals surface area contributed by atoms with E-state index in [0.717, 1.165) is 5.56 Å². The molecule has 0 aliphatic heterocycles. The lowest BCUT2D eigenvalue weighted by molar-refractivity contribution is 0.0943. The number of hydrogen-bond acceptors (Lipinski definition) is 3. The van der Waals surface area contributed by atoms with E-state index in [9.17, 15) is 13.2 Å². The Kier molecular flexibility index (Phi) is 4.90. The third kappa shape index (κ3) is 3.68. The second-order valence-electron chi connectivity index (χ2n) is 4.69. The van der Waals surface area contributed by atoms with E-state index in [0.29, 0.717) is 11.6 Å². The minimum atomic E-state index is -3.57. The number of benzene rings is 1. The monoisotopic (exact) mass is 341 g/mol. The summed E-state index contributed by atoms with van der Waals surface area (Å²) >= 11 is 5.80. The first-order chi connectivity index (χ1) is 10.3. The van der Waals surface area contributed by atoms with Gasteiger partial charge in [-0.3, -0.25) is 4.79 Å². The molecule has 1 heterocycles. The van der Waals surface area contributed by atoms with E-state index in [1.165, 1.54) is 23.9 Å². The van der Waals surface area contributed by atoms with E-state index in [2.05, 4.69) is 10.0 Å². The fraction of sp³-hybridized carbons (Fsp3) is 0.214. The quantitative estimate of drug-likeness (QED) is 0.865. The smallest absolute Gasteiger partial charge is 0.268 e. The third-order valence-corrected chi connectivity index (χ3v) is 4.79. The van der Waals surface area contributed by atoms with Gasteiger partial charge in [0.15, 0.2) is 0 Å². The number of carbonyl (C=O) groups is 1. The van der Waals surface area contributed by atoms with Crippen molar-refractivity contribution in [1.29, 1.82) is 0 Å². The molecule has 2 rings (SSSR count). The average molecular weight is 342 g/mol. The summed E-state index contributed by atoms with van der Waals surface area (Å²) in [5.74, 6) is -0.352. The third-order valence-electron chi connectivity index (χ3n) is 3.16. The Labute approximate surface area is 134 Å². The van der Waals surface area contributed by atoms with Crippen LogP contribution in [0.1, 0.15) is 16.1 Å². The molecule has 0 saturated carbocycles. The molecule has 1 amide bonds. The predicted octanol–water partition coefficient (Wildman–Crippen LogP) is 1.52. The average Bonchev–Trinajstić information content (AvgIpc) is 2.89. The highest BCUT2D eigenvalue weighted by Crippen LogP contribution is 2.13. The highest BCUT2D eigenvalue weighted by Gasteiger charge is 2.18. The number of hydrogen-bond donors (Lipinski definition) is 2. The van der Waals surface area contributed by atoms with Crippen molar-refractivity contribution in [2.24, 2.45) is 7.05 Å². The number of halogens is 1. The summed E-state index contributed by atoms with van der Waals surface area (Å²) in [6.45, 7) is 0.329. The maximum atomic E-state index is 12.2. The molecular weight excluding hydrogens is 326 g/mol. The van der Waals surface area contributed by atoms with Crippen LogP contribution in [-0.2, 0) is 23.6 Å². The zero-order valence-electron chi connectivity index (χ0n) is 12.1. The zero-order valence-corrected chi connectivity index (χ0v) is 13.7. The maximum absolute atomic E-state index is 12.2. The molecule has 2 N–H and O–H groups in total. The van der Waals surface area contributed by atoms with Crippen LogP contribution in [0.2, 0.25) is 5.02 Å². The largest absolute Gasteiger partial charge is 0.347 e. The summed E-state index contributed by atoms with van der Waals surface area (Å²) in [5.41, 5.74) is 1.16. The predicted molar refractivity (Wildman–Crippen MR) is 84.3 cm³/mol. The lowest BCUT2D eigenvalue weighted by atomic mass is 10.2. The van der Waals surface area contributed by atoms with Gasteiger partial charge >= 0.3 is 0 Å². The Balaban J connectivity index is 2.11.